The van der Waals surface area contributed by atoms with Gasteiger partial charge in [0.1, 0.15) is 0 Å². The average molecular weight is 250 g/mol. The Morgan fingerprint density at radius 3 is 1.75 bits per heavy atom. The zero-order chi connectivity index (χ0) is 13.2. The molecule has 0 heterocycles. The molecule has 0 aliphatic heterocycles. The molecule has 1 unspecified atom stereocenters. The summed E-state index contributed by atoms with van der Waals surface area (Å²) in [6, 6.07) is 0. The van der Waals surface area contributed by atoms with Crippen LogP contribution in [0, 0.1) is 0 Å². The third-order valence-electron chi connectivity index (χ3n) is 3.01. The molecule has 0 bridgehead atoms. The van der Waals surface area contributed by atoms with Crippen molar-refractivity contribution in [1.82, 2.24) is 5.32 Å². The van der Waals surface area contributed by atoms with Crippen LogP contribution in [0.4, 0.5) is 0 Å². The molecular formula is C11H30N2O2Si. The second kappa shape index (κ2) is 9.12. The van der Waals surface area contributed by atoms with Crippen LogP contribution in [-0.4, -0.2) is 42.0 Å². The third-order valence-corrected chi connectivity index (χ3v) is 6.98. The van der Waals surface area contributed by atoms with Gasteiger partial charge in [0.15, 0.2) is 0 Å². The minimum atomic E-state index is -2.19. The molecule has 0 fully saturated rings. The summed E-state index contributed by atoms with van der Waals surface area (Å²) >= 11 is 0. The van der Waals surface area contributed by atoms with Gasteiger partial charge >= 0.3 is 8.56 Å². The first kappa shape index (κ1) is 18.4. The fourth-order valence-electron chi connectivity index (χ4n) is 1.66. The minimum absolute atomic E-state index is 0.259. The highest BCUT2D eigenvalue weighted by atomic mass is 28.4. The molecule has 0 rings (SSSR count). The molecule has 3 N–H and O–H groups in total. The van der Waals surface area contributed by atoms with Crippen molar-refractivity contribution in [3.05, 3.63) is 0 Å². The molecule has 0 aliphatic rings. The van der Waals surface area contributed by atoms with Crippen LogP contribution in [0.25, 0.3) is 0 Å². The van der Waals surface area contributed by atoms with Gasteiger partial charge in [-0.05, 0) is 33.5 Å². The van der Waals surface area contributed by atoms with Crippen molar-refractivity contribution < 1.29 is 8.85 Å². The molecule has 0 saturated heterocycles. The van der Waals surface area contributed by atoms with Crippen LogP contribution in [-0.2, 0) is 8.85 Å². The van der Waals surface area contributed by atoms with Crippen molar-refractivity contribution in [3.63, 3.8) is 0 Å². The van der Waals surface area contributed by atoms with E-state index in [1.54, 1.807) is 14.2 Å². The van der Waals surface area contributed by atoms with Crippen LogP contribution in [0.2, 0.25) is 6.55 Å². The highest BCUT2D eigenvalue weighted by molar-refractivity contribution is 6.69. The number of nitrogens with one attached hydrogen (secondary N) is 1. The van der Waals surface area contributed by atoms with Gasteiger partial charge < -0.3 is 19.9 Å². The predicted octanol–water partition coefficient (Wildman–Crippen LogP) is 1.63. The largest absolute Gasteiger partial charge is 0.397 e. The Bertz CT molecular complexity index is 166. The first-order valence-corrected chi connectivity index (χ1v) is 8.20. The quantitative estimate of drug-likeness (QED) is 0.704. The van der Waals surface area contributed by atoms with Crippen LogP contribution in [0.15, 0.2) is 0 Å². The van der Waals surface area contributed by atoms with Crippen molar-refractivity contribution in [1.29, 1.82) is 0 Å². The Hall–Kier alpha value is 0.0569. The smallest absolute Gasteiger partial charge is 0.354 e. The molecule has 5 heteroatoms. The number of hydrogen-bond donors (Lipinski definition) is 2. The Kier molecular flexibility index (Phi) is 10.5. The van der Waals surface area contributed by atoms with E-state index in [-0.39, 0.29) is 5.16 Å². The van der Waals surface area contributed by atoms with E-state index in [0.29, 0.717) is 0 Å². The zero-order valence-electron chi connectivity index (χ0n) is 12.0. The molecule has 0 saturated carbocycles. The summed E-state index contributed by atoms with van der Waals surface area (Å²) in [6.45, 7) is 6.27. The van der Waals surface area contributed by atoms with E-state index in [1.807, 2.05) is 20.6 Å². The van der Waals surface area contributed by atoms with E-state index in [0.717, 1.165) is 19.3 Å². The van der Waals surface area contributed by atoms with E-state index >= 15 is 0 Å². The molecule has 0 aromatic heterocycles. The second-order valence-electron chi connectivity index (χ2n) is 4.11. The summed E-state index contributed by atoms with van der Waals surface area (Å²) in [5.41, 5.74) is 6.32. The zero-order valence-corrected chi connectivity index (χ0v) is 13.0. The molecule has 0 aliphatic carbocycles. The molecule has 0 amide bonds. The Morgan fingerprint density at radius 2 is 1.56 bits per heavy atom. The topological polar surface area (TPSA) is 56.5 Å². The van der Waals surface area contributed by atoms with Crippen molar-refractivity contribution in [2.45, 2.75) is 44.8 Å². The highest BCUT2D eigenvalue weighted by Crippen LogP contribution is 2.27. The lowest BCUT2D eigenvalue weighted by molar-refractivity contribution is 0.204. The van der Waals surface area contributed by atoms with Crippen LogP contribution in [0.3, 0.4) is 0 Å². The first-order valence-electron chi connectivity index (χ1n) is 5.88. The van der Waals surface area contributed by atoms with Gasteiger partial charge in [0.25, 0.3) is 0 Å². The molecule has 4 nitrogen and oxygen atoms in total. The normalized spacial score (nSPS) is 15.0. The summed E-state index contributed by atoms with van der Waals surface area (Å²) < 4.78 is 11.0. The Labute approximate surface area is 102 Å². The third kappa shape index (κ3) is 4.93. The molecule has 1 atom stereocenters. The van der Waals surface area contributed by atoms with Crippen molar-refractivity contribution in [2.75, 3.05) is 28.3 Å². The summed E-state index contributed by atoms with van der Waals surface area (Å²) in [6.07, 6.45) is 2.94. The van der Waals surface area contributed by atoms with Gasteiger partial charge in [0.2, 0.25) is 0 Å². The summed E-state index contributed by atoms with van der Waals surface area (Å²) in [7, 11) is 4.95. The van der Waals surface area contributed by atoms with Crippen LogP contribution in [0.1, 0.15) is 33.1 Å². The maximum Gasteiger partial charge on any atom is 0.354 e. The maximum absolute atomic E-state index is 6.32. The van der Waals surface area contributed by atoms with Gasteiger partial charge in [-0.2, -0.15) is 0 Å². The monoisotopic (exact) mass is 250 g/mol. The van der Waals surface area contributed by atoms with E-state index in [1.165, 1.54) is 0 Å². The molecule has 0 aromatic rings. The van der Waals surface area contributed by atoms with Crippen LogP contribution < -0.4 is 11.1 Å². The standard InChI is InChI=1S/C9H23NO2Si.C2H7N/c1-6-8-9(10,7-2)13(5,11-3)12-4;1-3-2/h6-8,10H2,1-5H3;3H,1-2H3. The van der Waals surface area contributed by atoms with Gasteiger partial charge in [-0.15, -0.1) is 0 Å². The molecule has 0 spiro atoms. The average Bonchev–Trinajstić information content (AvgIpc) is 2.29. The van der Waals surface area contributed by atoms with Crippen molar-refractivity contribution in [2.24, 2.45) is 5.73 Å². The molecule has 16 heavy (non-hydrogen) atoms. The second-order valence-corrected chi connectivity index (χ2v) is 7.82. The lowest BCUT2D eigenvalue weighted by Gasteiger charge is -2.40. The maximum atomic E-state index is 6.32. The summed E-state index contributed by atoms with van der Waals surface area (Å²) in [4.78, 5) is 0. The fraction of sp³-hybridized carbons (Fsp3) is 1.00. The van der Waals surface area contributed by atoms with Gasteiger partial charge in [-0.1, -0.05) is 20.3 Å². The van der Waals surface area contributed by atoms with Crippen molar-refractivity contribution >= 4 is 8.56 Å². The van der Waals surface area contributed by atoms with E-state index < -0.39 is 8.56 Å². The Morgan fingerprint density at radius 1 is 1.19 bits per heavy atom. The van der Waals surface area contributed by atoms with Crippen LogP contribution in [0.5, 0.6) is 0 Å². The van der Waals surface area contributed by atoms with Gasteiger partial charge in [-0.3, -0.25) is 0 Å². The molecule has 0 radical (unpaired) electrons. The van der Waals surface area contributed by atoms with Crippen molar-refractivity contribution in [3.8, 4) is 0 Å². The molecular weight excluding hydrogens is 220 g/mol. The SMILES string of the molecule is CCCC(N)(CC)[Si](C)(OC)OC.CNC. The summed E-state index contributed by atoms with van der Waals surface area (Å²) in [5.74, 6) is 0. The van der Waals surface area contributed by atoms with E-state index in [4.69, 9.17) is 14.6 Å². The first-order chi connectivity index (χ1) is 7.41. The fourth-order valence-corrected chi connectivity index (χ4v) is 3.99. The molecule has 0 aromatic carbocycles. The minimum Gasteiger partial charge on any atom is -0.397 e. The number of rotatable bonds is 6. The number of nitrogens with two attached hydrogens (primary N) is 1. The van der Waals surface area contributed by atoms with Gasteiger partial charge in [-0.25, -0.2) is 0 Å². The number of hydrogen-bond acceptors (Lipinski definition) is 4. The lowest BCUT2D eigenvalue weighted by Crippen LogP contribution is -2.65. The van der Waals surface area contributed by atoms with E-state index in [9.17, 15) is 0 Å². The predicted molar refractivity (Wildman–Crippen MR) is 72.7 cm³/mol. The van der Waals surface area contributed by atoms with E-state index in [2.05, 4.69) is 19.2 Å². The highest BCUT2D eigenvalue weighted by Gasteiger charge is 2.48. The van der Waals surface area contributed by atoms with Crippen LogP contribution >= 0.6 is 0 Å². The van der Waals surface area contributed by atoms with Gasteiger partial charge in [0, 0.05) is 14.2 Å². The Balaban J connectivity index is 0. The lowest BCUT2D eigenvalue weighted by atomic mass is 10.1. The molecule has 100 valence electrons. The summed E-state index contributed by atoms with van der Waals surface area (Å²) in [5, 5.41) is 2.49. The van der Waals surface area contributed by atoms with Gasteiger partial charge in [0.05, 0.1) is 5.16 Å².